The Labute approximate surface area is 60.6 Å². The van der Waals surface area contributed by atoms with Crippen LogP contribution < -0.4 is 19.2 Å². The Kier molecular flexibility index (Phi) is 0.650. The van der Waals surface area contributed by atoms with Crippen LogP contribution >= 0.6 is 0 Å². The number of ether oxygens (including phenoxy) is 2. The summed E-state index contributed by atoms with van der Waals surface area (Å²) in [4.78, 5) is 9.16. The minimum Gasteiger partial charge on any atom is -0.451 e. The van der Waals surface area contributed by atoms with Crippen LogP contribution in [0.25, 0.3) is 0 Å². The van der Waals surface area contributed by atoms with Crippen LogP contribution in [0.3, 0.4) is 0 Å². The Hall–Kier alpha value is -1.78. The summed E-state index contributed by atoms with van der Waals surface area (Å²) in [5.41, 5.74) is 0. The molecule has 0 saturated heterocycles. The standard InChI is InChI=1S/C6H2O5/c1-2-8-4-3(7-1)5-9-6(4)11-10-5/h1-2H. The van der Waals surface area contributed by atoms with Crippen LogP contribution in [0.4, 0.5) is 0 Å². The van der Waals surface area contributed by atoms with Gasteiger partial charge in [-0.3, -0.25) is 0 Å². The Balaban J connectivity index is 2.25. The van der Waals surface area contributed by atoms with Gasteiger partial charge >= 0.3 is 11.9 Å². The highest BCUT2D eigenvalue weighted by Crippen LogP contribution is 2.53. The van der Waals surface area contributed by atoms with Gasteiger partial charge in [0, 0.05) is 0 Å². The zero-order chi connectivity index (χ0) is 7.26. The van der Waals surface area contributed by atoms with Gasteiger partial charge in [-0.15, -0.1) is 0 Å². The van der Waals surface area contributed by atoms with Gasteiger partial charge in [-0.2, -0.15) is 0 Å². The van der Waals surface area contributed by atoms with E-state index < -0.39 is 0 Å². The van der Waals surface area contributed by atoms with Crippen LogP contribution in [0.15, 0.2) is 16.9 Å². The molecule has 0 atom stereocenters. The molecule has 1 aromatic rings. The molecule has 0 radical (unpaired) electrons. The first kappa shape index (κ1) is 4.95. The monoisotopic (exact) mass is 154 g/mol. The first-order valence-corrected chi connectivity index (χ1v) is 2.95. The minimum atomic E-state index is 0.194. The molecule has 56 valence electrons. The van der Waals surface area contributed by atoms with Crippen molar-refractivity contribution in [1.82, 2.24) is 0 Å². The molecule has 0 N–H and O–H groups in total. The van der Waals surface area contributed by atoms with E-state index in [9.17, 15) is 0 Å². The fourth-order valence-electron chi connectivity index (χ4n) is 0.943. The van der Waals surface area contributed by atoms with Crippen molar-refractivity contribution < 1.29 is 23.7 Å². The molecule has 1 aromatic heterocycles. The highest BCUT2D eigenvalue weighted by atomic mass is 17.3. The topological polar surface area (TPSA) is 50.1 Å². The van der Waals surface area contributed by atoms with Gasteiger partial charge in [-0.25, -0.2) is 9.78 Å². The normalized spacial score (nSPS) is 16.0. The number of hydrogen-bond acceptors (Lipinski definition) is 5. The SMILES string of the molecule is C1=COc2c3oc(c2O1)OO3. The largest absolute Gasteiger partial charge is 0.451 e. The number of furan rings is 1. The molecular weight excluding hydrogens is 152 g/mol. The summed E-state index contributed by atoms with van der Waals surface area (Å²) >= 11 is 0. The second-order valence-corrected chi connectivity index (χ2v) is 2.01. The molecule has 0 spiro atoms. The van der Waals surface area contributed by atoms with Gasteiger partial charge in [-0.1, -0.05) is 0 Å². The summed E-state index contributed by atoms with van der Waals surface area (Å²) in [5.74, 6) is 1.24. The van der Waals surface area contributed by atoms with Gasteiger partial charge in [0.1, 0.15) is 12.5 Å². The second-order valence-electron chi connectivity index (χ2n) is 2.01. The van der Waals surface area contributed by atoms with E-state index in [0.29, 0.717) is 11.5 Å². The molecule has 0 aliphatic carbocycles. The zero-order valence-electron chi connectivity index (χ0n) is 5.20. The maximum Gasteiger partial charge on any atom is 0.386 e. The Morgan fingerprint density at radius 2 is 1.36 bits per heavy atom. The van der Waals surface area contributed by atoms with Crippen molar-refractivity contribution in [2.75, 3.05) is 0 Å². The molecule has 2 aliphatic rings. The van der Waals surface area contributed by atoms with Crippen molar-refractivity contribution in [3.8, 4) is 23.4 Å². The van der Waals surface area contributed by atoms with Crippen LogP contribution in [0.1, 0.15) is 0 Å². The highest BCUT2D eigenvalue weighted by molar-refractivity contribution is 5.55. The van der Waals surface area contributed by atoms with Gasteiger partial charge < -0.3 is 13.9 Å². The van der Waals surface area contributed by atoms with Crippen molar-refractivity contribution in [2.24, 2.45) is 0 Å². The first-order chi connectivity index (χ1) is 5.45. The molecule has 0 unspecified atom stereocenters. The number of fused-ring (bicyclic) bond motifs is 5. The van der Waals surface area contributed by atoms with Gasteiger partial charge in [0.15, 0.2) is 0 Å². The summed E-state index contributed by atoms with van der Waals surface area (Å²) in [6, 6.07) is 0. The number of rotatable bonds is 0. The molecule has 0 amide bonds. The fourth-order valence-corrected chi connectivity index (χ4v) is 0.943. The smallest absolute Gasteiger partial charge is 0.386 e. The summed E-state index contributed by atoms with van der Waals surface area (Å²) < 4.78 is 15.0. The van der Waals surface area contributed by atoms with Gasteiger partial charge in [0.2, 0.25) is 0 Å². The van der Waals surface area contributed by atoms with E-state index in [2.05, 4.69) is 9.78 Å². The molecule has 3 heterocycles. The van der Waals surface area contributed by atoms with E-state index in [1.165, 1.54) is 12.5 Å². The summed E-state index contributed by atoms with van der Waals surface area (Å²) in [5, 5.41) is 0. The Bertz CT molecular complexity index is 306. The molecule has 0 fully saturated rings. The van der Waals surface area contributed by atoms with Crippen molar-refractivity contribution in [1.29, 1.82) is 0 Å². The predicted molar refractivity (Wildman–Crippen MR) is 30.4 cm³/mol. The van der Waals surface area contributed by atoms with E-state index >= 15 is 0 Å². The van der Waals surface area contributed by atoms with Gasteiger partial charge in [0.05, 0.1) is 0 Å². The average Bonchev–Trinajstić information content (AvgIpc) is 2.64. The third kappa shape index (κ3) is 0.463. The first-order valence-electron chi connectivity index (χ1n) is 2.95. The molecule has 3 rings (SSSR count). The molecule has 0 aromatic carbocycles. The lowest BCUT2D eigenvalue weighted by Crippen LogP contribution is -2.03. The van der Waals surface area contributed by atoms with E-state index in [1.54, 1.807) is 0 Å². The van der Waals surface area contributed by atoms with Crippen LogP contribution in [0.2, 0.25) is 0 Å². The summed E-state index contributed by atoms with van der Waals surface area (Å²) in [7, 11) is 0. The highest BCUT2D eigenvalue weighted by Gasteiger charge is 2.35. The lowest BCUT2D eigenvalue weighted by molar-refractivity contribution is -0.0935. The van der Waals surface area contributed by atoms with Crippen LogP contribution in [0, 0.1) is 0 Å². The molecular formula is C6H2O5. The molecule has 5 nitrogen and oxygen atoms in total. The molecule has 11 heavy (non-hydrogen) atoms. The van der Waals surface area contributed by atoms with Crippen LogP contribution in [0.5, 0.6) is 23.4 Å². The van der Waals surface area contributed by atoms with Gasteiger partial charge in [0.25, 0.3) is 11.5 Å². The lowest BCUT2D eigenvalue weighted by atomic mass is 10.5. The molecule has 2 bridgehead atoms. The van der Waals surface area contributed by atoms with E-state index in [0.717, 1.165) is 0 Å². The minimum absolute atomic E-state index is 0.194. The maximum absolute atomic E-state index is 5.02. The van der Waals surface area contributed by atoms with Crippen LogP contribution in [-0.2, 0) is 0 Å². The third-order valence-electron chi connectivity index (χ3n) is 1.38. The molecule has 2 aliphatic heterocycles. The molecule has 5 heteroatoms. The predicted octanol–water partition coefficient (Wildman–Crippen LogP) is 1.21. The van der Waals surface area contributed by atoms with E-state index in [1.807, 2.05) is 0 Å². The second kappa shape index (κ2) is 1.45. The third-order valence-corrected chi connectivity index (χ3v) is 1.38. The zero-order valence-corrected chi connectivity index (χ0v) is 5.20. The van der Waals surface area contributed by atoms with Gasteiger partial charge in [-0.05, 0) is 0 Å². The van der Waals surface area contributed by atoms with Crippen LogP contribution in [-0.4, -0.2) is 0 Å². The van der Waals surface area contributed by atoms with Crippen molar-refractivity contribution >= 4 is 0 Å². The Morgan fingerprint density at radius 1 is 0.818 bits per heavy atom. The Morgan fingerprint density at radius 3 is 1.91 bits per heavy atom. The van der Waals surface area contributed by atoms with E-state index in [4.69, 9.17) is 13.9 Å². The summed E-state index contributed by atoms with van der Waals surface area (Å²) in [6.07, 6.45) is 2.78. The number of hydrogen-bond donors (Lipinski definition) is 0. The van der Waals surface area contributed by atoms with Crippen molar-refractivity contribution in [3.05, 3.63) is 12.5 Å². The average molecular weight is 154 g/mol. The molecule has 0 saturated carbocycles. The van der Waals surface area contributed by atoms with Crippen molar-refractivity contribution in [2.45, 2.75) is 0 Å². The van der Waals surface area contributed by atoms with Crippen molar-refractivity contribution in [3.63, 3.8) is 0 Å². The van der Waals surface area contributed by atoms with E-state index in [-0.39, 0.29) is 11.9 Å². The quantitative estimate of drug-likeness (QED) is 0.525. The fraction of sp³-hybridized carbons (Fsp3) is 0. The summed E-state index contributed by atoms with van der Waals surface area (Å²) in [6.45, 7) is 0. The lowest BCUT2D eigenvalue weighted by Gasteiger charge is -2.09. The maximum atomic E-state index is 5.02.